The van der Waals surface area contributed by atoms with E-state index in [1.165, 1.54) is 5.56 Å². The molecule has 2 atom stereocenters. The summed E-state index contributed by atoms with van der Waals surface area (Å²) in [5.74, 6) is 0.926. The summed E-state index contributed by atoms with van der Waals surface area (Å²) < 4.78 is 10.7. The summed E-state index contributed by atoms with van der Waals surface area (Å²) in [5.41, 5.74) is 1.17. The number of halogens is 1. The number of aliphatic hydroxyl groups excluding tert-OH is 1. The molecule has 0 aromatic heterocycles. The van der Waals surface area contributed by atoms with Gasteiger partial charge in [0.05, 0.1) is 12.7 Å². The van der Waals surface area contributed by atoms with Crippen molar-refractivity contribution in [1.29, 1.82) is 0 Å². The Kier molecular flexibility index (Phi) is 5.45. The highest BCUT2D eigenvalue weighted by Gasteiger charge is 2.22. The van der Waals surface area contributed by atoms with E-state index in [0.717, 1.165) is 30.3 Å². The number of rotatable bonds is 7. The van der Waals surface area contributed by atoms with Gasteiger partial charge < -0.3 is 19.9 Å². The molecule has 1 aliphatic heterocycles. The molecule has 0 saturated heterocycles. The van der Waals surface area contributed by atoms with Crippen LogP contribution in [0, 0.1) is 0 Å². The van der Waals surface area contributed by atoms with Gasteiger partial charge in [-0.15, -0.1) is 0 Å². The second-order valence-corrected chi connectivity index (χ2v) is 5.23. The van der Waals surface area contributed by atoms with Crippen LogP contribution < -0.4 is 10.1 Å². The van der Waals surface area contributed by atoms with Gasteiger partial charge in [-0.25, -0.2) is 0 Å². The maximum Gasteiger partial charge on any atom is 0.123 e. The number of nitrogens with one attached hydrogen (secondary N) is 1. The van der Waals surface area contributed by atoms with Crippen molar-refractivity contribution in [3.8, 4) is 5.75 Å². The Morgan fingerprint density at radius 1 is 1.58 bits per heavy atom. The van der Waals surface area contributed by atoms with E-state index in [1.807, 2.05) is 18.2 Å². The molecular weight excluding hydrogens is 266 g/mol. The van der Waals surface area contributed by atoms with Crippen LogP contribution in [0.4, 0.5) is 0 Å². The van der Waals surface area contributed by atoms with Crippen molar-refractivity contribution in [2.24, 2.45) is 0 Å². The predicted molar refractivity (Wildman–Crippen MR) is 74.9 cm³/mol. The largest absolute Gasteiger partial charge is 0.488 e. The molecule has 2 unspecified atom stereocenters. The average molecular weight is 286 g/mol. The smallest absolute Gasteiger partial charge is 0.123 e. The fourth-order valence-corrected chi connectivity index (χ4v) is 2.40. The molecule has 106 valence electrons. The van der Waals surface area contributed by atoms with Crippen molar-refractivity contribution < 1.29 is 14.6 Å². The lowest BCUT2D eigenvalue weighted by molar-refractivity contribution is 0.0590. The second-order valence-electron chi connectivity index (χ2n) is 4.80. The van der Waals surface area contributed by atoms with E-state index in [1.54, 1.807) is 7.11 Å². The van der Waals surface area contributed by atoms with E-state index in [0.29, 0.717) is 13.0 Å². The second kappa shape index (κ2) is 7.10. The first kappa shape index (κ1) is 14.6. The van der Waals surface area contributed by atoms with Crippen LogP contribution in [-0.4, -0.2) is 44.1 Å². The first-order valence-electron chi connectivity index (χ1n) is 6.52. The summed E-state index contributed by atoms with van der Waals surface area (Å²) in [4.78, 5) is 0. The Hall–Kier alpha value is -0.810. The first-order valence-corrected chi connectivity index (χ1v) is 6.89. The summed E-state index contributed by atoms with van der Waals surface area (Å²) in [6.07, 6.45) is 1.30. The van der Waals surface area contributed by atoms with Crippen LogP contribution in [-0.2, 0) is 11.2 Å². The summed E-state index contributed by atoms with van der Waals surface area (Å²) >= 11 is 5.95. The number of benzene rings is 1. The molecule has 0 aliphatic carbocycles. The molecule has 1 aliphatic rings. The van der Waals surface area contributed by atoms with Crippen LogP contribution in [0.1, 0.15) is 12.0 Å². The van der Waals surface area contributed by atoms with Crippen molar-refractivity contribution in [2.75, 3.05) is 26.8 Å². The summed E-state index contributed by atoms with van der Waals surface area (Å²) in [7, 11) is 1.59. The Balaban J connectivity index is 1.67. The van der Waals surface area contributed by atoms with E-state index in [9.17, 15) is 5.11 Å². The monoisotopic (exact) mass is 285 g/mol. The Morgan fingerprint density at radius 2 is 2.42 bits per heavy atom. The highest BCUT2D eigenvalue weighted by molar-refractivity contribution is 6.30. The average Bonchev–Trinajstić information content (AvgIpc) is 2.77. The van der Waals surface area contributed by atoms with E-state index in [2.05, 4.69) is 5.32 Å². The van der Waals surface area contributed by atoms with Crippen LogP contribution >= 0.6 is 11.6 Å². The molecule has 2 rings (SSSR count). The molecule has 1 aromatic carbocycles. The SMILES string of the molecule is COCC(O)CCNCC1Cc2cc(Cl)ccc2O1. The number of hydrogen-bond acceptors (Lipinski definition) is 4. The number of aliphatic hydroxyl groups is 1. The van der Waals surface area contributed by atoms with Crippen molar-refractivity contribution in [3.63, 3.8) is 0 Å². The molecule has 1 aromatic rings. The molecular formula is C14H20ClNO3. The lowest BCUT2D eigenvalue weighted by Gasteiger charge is -2.13. The Labute approximate surface area is 118 Å². The van der Waals surface area contributed by atoms with Gasteiger partial charge in [-0.3, -0.25) is 0 Å². The van der Waals surface area contributed by atoms with E-state index in [4.69, 9.17) is 21.1 Å². The van der Waals surface area contributed by atoms with Crippen molar-refractivity contribution >= 4 is 11.6 Å². The van der Waals surface area contributed by atoms with Crippen LogP contribution in [0.2, 0.25) is 5.02 Å². The van der Waals surface area contributed by atoms with Crippen LogP contribution in [0.3, 0.4) is 0 Å². The quantitative estimate of drug-likeness (QED) is 0.748. The number of fused-ring (bicyclic) bond motifs is 1. The van der Waals surface area contributed by atoms with Gasteiger partial charge in [-0.05, 0) is 36.7 Å². The van der Waals surface area contributed by atoms with Crippen molar-refractivity contribution in [1.82, 2.24) is 5.32 Å². The molecule has 1 heterocycles. The van der Waals surface area contributed by atoms with Crippen LogP contribution in [0.5, 0.6) is 5.75 Å². The van der Waals surface area contributed by atoms with Crippen molar-refractivity contribution in [2.45, 2.75) is 25.0 Å². The Morgan fingerprint density at radius 3 is 3.21 bits per heavy atom. The molecule has 4 nitrogen and oxygen atoms in total. The maximum absolute atomic E-state index is 9.50. The summed E-state index contributed by atoms with van der Waals surface area (Å²) in [5, 5.41) is 13.5. The molecule has 0 saturated carbocycles. The molecule has 0 amide bonds. The van der Waals surface area contributed by atoms with Gasteiger partial charge in [0.2, 0.25) is 0 Å². The molecule has 0 spiro atoms. The fraction of sp³-hybridized carbons (Fsp3) is 0.571. The molecule has 0 radical (unpaired) electrons. The summed E-state index contributed by atoms with van der Waals surface area (Å²) in [6.45, 7) is 1.90. The van der Waals surface area contributed by atoms with Gasteiger partial charge in [-0.2, -0.15) is 0 Å². The van der Waals surface area contributed by atoms with E-state index in [-0.39, 0.29) is 6.10 Å². The van der Waals surface area contributed by atoms with Crippen LogP contribution in [0.25, 0.3) is 0 Å². The van der Waals surface area contributed by atoms with Gasteiger partial charge in [0.15, 0.2) is 0 Å². The zero-order chi connectivity index (χ0) is 13.7. The third-order valence-corrected chi connectivity index (χ3v) is 3.38. The molecule has 0 fully saturated rings. The first-order chi connectivity index (χ1) is 9.19. The normalized spacial score (nSPS) is 19.0. The fourth-order valence-electron chi connectivity index (χ4n) is 2.21. The van der Waals surface area contributed by atoms with Gasteiger partial charge in [0.25, 0.3) is 0 Å². The number of ether oxygens (including phenoxy) is 2. The highest BCUT2D eigenvalue weighted by atomic mass is 35.5. The molecule has 0 bridgehead atoms. The van der Waals surface area contributed by atoms with Gasteiger partial charge in [0, 0.05) is 25.1 Å². The van der Waals surface area contributed by atoms with E-state index >= 15 is 0 Å². The third-order valence-electron chi connectivity index (χ3n) is 3.15. The van der Waals surface area contributed by atoms with E-state index < -0.39 is 6.10 Å². The van der Waals surface area contributed by atoms with Crippen LogP contribution in [0.15, 0.2) is 18.2 Å². The number of methoxy groups -OCH3 is 1. The topological polar surface area (TPSA) is 50.7 Å². The Bertz CT molecular complexity index is 414. The lowest BCUT2D eigenvalue weighted by Crippen LogP contribution is -2.32. The third kappa shape index (κ3) is 4.35. The zero-order valence-electron chi connectivity index (χ0n) is 11.1. The molecule has 19 heavy (non-hydrogen) atoms. The van der Waals surface area contributed by atoms with Gasteiger partial charge in [-0.1, -0.05) is 11.6 Å². The minimum Gasteiger partial charge on any atom is -0.488 e. The standard InChI is InChI=1S/C14H20ClNO3/c1-18-9-12(17)4-5-16-8-13-7-10-6-11(15)2-3-14(10)19-13/h2-3,6,12-13,16-17H,4-5,7-9H2,1H3. The molecule has 2 N–H and O–H groups in total. The van der Waals surface area contributed by atoms with Crippen molar-refractivity contribution in [3.05, 3.63) is 28.8 Å². The zero-order valence-corrected chi connectivity index (χ0v) is 11.8. The predicted octanol–water partition coefficient (Wildman–Crippen LogP) is 1.63. The molecule has 5 heteroatoms. The lowest BCUT2D eigenvalue weighted by atomic mass is 10.1. The summed E-state index contributed by atoms with van der Waals surface area (Å²) in [6, 6.07) is 5.72. The minimum absolute atomic E-state index is 0.146. The highest BCUT2D eigenvalue weighted by Crippen LogP contribution is 2.30. The van der Waals surface area contributed by atoms with Gasteiger partial charge in [0.1, 0.15) is 11.9 Å². The minimum atomic E-state index is -0.405. The maximum atomic E-state index is 9.50. The van der Waals surface area contributed by atoms with Gasteiger partial charge >= 0.3 is 0 Å². The number of hydrogen-bond donors (Lipinski definition) is 2.